The minimum absolute atomic E-state index is 0.0775. The van der Waals surface area contributed by atoms with Crippen LogP contribution in [-0.2, 0) is 0 Å². The number of nitrogens with zero attached hydrogens (tertiary/aromatic N) is 2. The van der Waals surface area contributed by atoms with Crippen molar-refractivity contribution in [3.63, 3.8) is 0 Å². The van der Waals surface area contributed by atoms with E-state index in [2.05, 4.69) is 33.1 Å². The molecule has 4 rings (SSSR count). The molecule has 0 spiro atoms. The monoisotopic (exact) mass is 325 g/mol. The van der Waals surface area contributed by atoms with Crippen molar-refractivity contribution in [3.05, 3.63) is 53.0 Å². The molecule has 0 fully saturated rings. The minimum atomic E-state index is -0.190. The second-order valence-corrected chi connectivity index (χ2v) is 6.12. The van der Waals surface area contributed by atoms with Crippen LogP contribution in [0.4, 0.5) is 0 Å². The SMILES string of the molecule is O=C(N[C@H]1CCCOc2c1ccc1ccccc21)c1csnn1. The van der Waals surface area contributed by atoms with Gasteiger partial charge in [0, 0.05) is 16.3 Å². The summed E-state index contributed by atoms with van der Waals surface area (Å²) in [7, 11) is 0. The van der Waals surface area contributed by atoms with E-state index < -0.39 is 0 Å². The summed E-state index contributed by atoms with van der Waals surface area (Å²) in [6.45, 7) is 0.658. The van der Waals surface area contributed by atoms with E-state index in [1.165, 1.54) is 11.5 Å². The molecule has 0 unspecified atom stereocenters. The van der Waals surface area contributed by atoms with Crippen molar-refractivity contribution in [1.29, 1.82) is 0 Å². The highest BCUT2D eigenvalue weighted by atomic mass is 32.1. The van der Waals surface area contributed by atoms with Gasteiger partial charge in [0.05, 0.1) is 12.6 Å². The molecule has 0 radical (unpaired) electrons. The van der Waals surface area contributed by atoms with Gasteiger partial charge in [0.1, 0.15) is 5.75 Å². The molecule has 1 aliphatic rings. The van der Waals surface area contributed by atoms with Gasteiger partial charge in [0.2, 0.25) is 0 Å². The molecule has 0 saturated carbocycles. The number of aromatic nitrogens is 2. The molecule has 0 bridgehead atoms. The maximum atomic E-state index is 12.3. The highest BCUT2D eigenvalue weighted by molar-refractivity contribution is 7.03. The Balaban J connectivity index is 1.72. The van der Waals surface area contributed by atoms with Gasteiger partial charge in [0.15, 0.2) is 5.69 Å². The summed E-state index contributed by atoms with van der Waals surface area (Å²) in [6.07, 6.45) is 1.73. The van der Waals surface area contributed by atoms with Crippen LogP contribution in [0.5, 0.6) is 5.75 Å². The van der Waals surface area contributed by atoms with E-state index in [4.69, 9.17) is 4.74 Å². The van der Waals surface area contributed by atoms with Crippen molar-refractivity contribution in [1.82, 2.24) is 14.9 Å². The first-order valence-corrected chi connectivity index (χ1v) is 8.39. The normalized spacial score (nSPS) is 17.1. The maximum absolute atomic E-state index is 12.3. The predicted molar refractivity (Wildman–Crippen MR) is 88.8 cm³/mol. The predicted octanol–water partition coefficient (Wildman–Crippen LogP) is 3.34. The summed E-state index contributed by atoms with van der Waals surface area (Å²) in [6, 6.07) is 12.2. The fourth-order valence-corrected chi connectivity index (χ4v) is 3.39. The topological polar surface area (TPSA) is 64.1 Å². The first kappa shape index (κ1) is 14.1. The summed E-state index contributed by atoms with van der Waals surface area (Å²) in [4.78, 5) is 12.3. The van der Waals surface area contributed by atoms with Crippen LogP contribution in [0.3, 0.4) is 0 Å². The number of fused-ring (bicyclic) bond motifs is 3. The first-order valence-electron chi connectivity index (χ1n) is 7.55. The van der Waals surface area contributed by atoms with Crippen molar-refractivity contribution >= 4 is 28.2 Å². The fourth-order valence-electron chi connectivity index (χ4n) is 2.96. The number of carbonyl (C=O) groups excluding carboxylic acids is 1. The number of carbonyl (C=O) groups is 1. The van der Waals surface area contributed by atoms with E-state index in [0.29, 0.717) is 12.3 Å². The van der Waals surface area contributed by atoms with Crippen LogP contribution < -0.4 is 10.1 Å². The molecule has 3 aromatic rings. The summed E-state index contributed by atoms with van der Waals surface area (Å²) >= 11 is 1.17. The average molecular weight is 325 g/mol. The Bertz CT molecular complexity index is 848. The van der Waals surface area contributed by atoms with Crippen LogP contribution in [0.1, 0.15) is 34.9 Å². The molecular weight excluding hydrogens is 310 g/mol. The third-order valence-corrected chi connectivity index (χ3v) is 4.57. The van der Waals surface area contributed by atoms with E-state index in [0.717, 1.165) is 34.9 Å². The Morgan fingerprint density at radius 1 is 1.26 bits per heavy atom. The number of nitrogens with one attached hydrogen (secondary N) is 1. The van der Waals surface area contributed by atoms with Crippen molar-refractivity contribution < 1.29 is 9.53 Å². The van der Waals surface area contributed by atoms with E-state index in [1.54, 1.807) is 5.38 Å². The summed E-state index contributed by atoms with van der Waals surface area (Å²) in [5.74, 6) is 0.687. The lowest BCUT2D eigenvalue weighted by Crippen LogP contribution is -2.28. The van der Waals surface area contributed by atoms with Crippen LogP contribution in [0.2, 0.25) is 0 Å². The van der Waals surface area contributed by atoms with Gasteiger partial charge in [-0.15, -0.1) is 5.10 Å². The van der Waals surface area contributed by atoms with E-state index in [-0.39, 0.29) is 11.9 Å². The molecule has 1 aromatic heterocycles. The molecule has 23 heavy (non-hydrogen) atoms. The number of rotatable bonds is 2. The van der Waals surface area contributed by atoms with Gasteiger partial charge in [-0.25, -0.2) is 0 Å². The molecule has 0 saturated heterocycles. The summed E-state index contributed by atoms with van der Waals surface area (Å²) in [5.41, 5.74) is 1.39. The van der Waals surface area contributed by atoms with Crippen molar-refractivity contribution in [2.45, 2.75) is 18.9 Å². The maximum Gasteiger partial charge on any atom is 0.273 e. The highest BCUT2D eigenvalue weighted by Crippen LogP contribution is 2.37. The zero-order valence-corrected chi connectivity index (χ0v) is 13.2. The largest absolute Gasteiger partial charge is 0.493 e. The molecule has 1 N–H and O–H groups in total. The van der Waals surface area contributed by atoms with Crippen LogP contribution in [-0.4, -0.2) is 22.1 Å². The van der Waals surface area contributed by atoms with Crippen LogP contribution in [0.15, 0.2) is 41.8 Å². The van der Waals surface area contributed by atoms with Gasteiger partial charge in [-0.3, -0.25) is 4.79 Å². The van der Waals surface area contributed by atoms with Crippen molar-refractivity contribution in [2.75, 3.05) is 6.61 Å². The number of hydrogen-bond donors (Lipinski definition) is 1. The molecule has 2 aromatic carbocycles. The number of ether oxygens (including phenoxy) is 1. The Morgan fingerprint density at radius 3 is 3.04 bits per heavy atom. The lowest BCUT2D eigenvalue weighted by Gasteiger charge is -2.19. The summed E-state index contributed by atoms with van der Waals surface area (Å²) < 4.78 is 9.73. The van der Waals surface area contributed by atoms with Crippen LogP contribution in [0.25, 0.3) is 10.8 Å². The van der Waals surface area contributed by atoms with Crippen molar-refractivity contribution in [3.8, 4) is 5.75 Å². The average Bonchev–Trinajstić information content (AvgIpc) is 3.04. The van der Waals surface area contributed by atoms with Gasteiger partial charge in [0.25, 0.3) is 5.91 Å². The number of hydrogen-bond acceptors (Lipinski definition) is 5. The standard InChI is InChI=1S/C17H15N3O2S/c21-17(15-10-23-20-19-15)18-14-6-3-9-22-16-12-5-2-1-4-11(12)7-8-13(14)16/h1-2,4-5,7-8,10,14H,3,6,9H2,(H,18,21)/t14-/m0/s1. The highest BCUT2D eigenvalue weighted by Gasteiger charge is 2.24. The van der Waals surface area contributed by atoms with Gasteiger partial charge in [-0.2, -0.15) is 0 Å². The van der Waals surface area contributed by atoms with E-state index in [1.807, 2.05) is 18.2 Å². The smallest absolute Gasteiger partial charge is 0.273 e. The number of amides is 1. The molecule has 2 heterocycles. The van der Waals surface area contributed by atoms with Gasteiger partial charge in [-0.05, 0) is 29.8 Å². The Morgan fingerprint density at radius 2 is 2.17 bits per heavy atom. The molecule has 1 aliphatic heterocycles. The van der Waals surface area contributed by atoms with Crippen LogP contribution >= 0.6 is 11.5 Å². The lowest BCUT2D eigenvalue weighted by molar-refractivity contribution is 0.0929. The Labute approximate surface area is 137 Å². The zero-order chi connectivity index (χ0) is 15.6. The quantitative estimate of drug-likeness (QED) is 0.785. The molecular formula is C17H15N3O2S. The molecule has 5 nitrogen and oxygen atoms in total. The zero-order valence-electron chi connectivity index (χ0n) is 12.4. The van der Waals surface area contributed by atoms with Gasteiger partial charge < -0.3 is 10.1 Å². The summed E-state index contributed by atoms with van der Waals surface area (Å²) in [5, 5.41) is 10.8. The fraction of sp³-hybridized carbons (Fsp3) is 0.235. The first-order chi connectivity index (χ1) is 11.3. The molecule has 1 amide bonds. The number of benzene rings is 2. The van der Waals surface area contributed by atoms with Gasteiger partial charge in [-0.1, -0.05) is 40.9 Å². The van der Waals surface area contributed by atoms with Crippen LogP contribution in [0, 0.1) is 0 Å². The van der Waals surface area contributed by atoms with E-state index in [9.17, 15) is 4.79 Å². The molecule has 1 atom stereocenters. The Hall–Kier alpha value is -2.47. The Kier molecular flexibility index (Phi) is 3.67. The molecule has 116 valence electrons. The second-order valence-electron chi connectivity index (χ2n) is 5.51. The lowest BCUT2D eigenvalue weighted by atomic mass is 9.98. The third-order valence-electron chi connectivity index (χ3n) is 4.07. The minimum Gasteiger partial charge on any atom is -0.493 e. The third kappa shape index (κ3) is 2.66. The van der Waals surface area contributed by atoms with Crippen molar-refractivity contribution in [2.24, 2.45) is 0 Å². The second kappa shape index (κ2) is 5.96. The van der Waals surface area contributed by atoms with E-state index >= 15 is 0 Å². The molecule has 6 heteroatoms. The van der Waals surface area contributed by atoms with Gasteiger partial charge >= 0.3 is 0 Å². The molecule has 0 aliphatic carbocycles.